The van der Waals surface area contributed by atoms with Gasteiger partial charge < -0.3 is 13.6 Å². The van der Waals surface area contributed by atoms with E-state index in [1.807, 2.05) is 0 Å². The molecule has 0 saturated heterocycles. The molecule has 3 heteroatoms. The second kappa shape index (κ2) is 11.7. The van der Waals surface area contributed by atoms with Crippen LogP contribution in [0.4, 0.5) is 0 Å². The Morgan fingerprint density at radius 2 is 0.849 bits per heavy atom. The number of fused-ring (bicyclic) bond motifs is 8. The van der Waals surface area contributed by atoms with Gasteiger partial charge in [-0.3, -0.25) is 0 Å². The van der Waals surface area contributed by atoms with Crippen molar-refractivity contribution in [3.8, 4) is 44.8 Å². The molecule has 0 spiro atoms. The molecular formula is C50H32N2O. The lowest BCUT2D eigenvalue weighted by molar-refractivity contribution is 0.671. The van der Waals surface area contributed by atoms with Gasteiger partial charge in [-0.15, -0.1) is 0 Å². The maximum absolute atomic E-state index is 6.82. The van der Waals surface area contributed by atoms with Crippen molar-refractivity contribution in [2.75, 3.05) is 0 Å². The first-order valence-electron chi connectivity index (χ1n) is 18.1. The lowest BCUT2D eigenvalue weighted by atomic mass is 9.98. The van der Waals surface area contributed by atoms with E-state index in [0.717, 1.165) is 55.6 Å². The van der Waals surface area contributed by atoms with Crippen LogP contribution < -0.4 is 0 Å². The fourth-order valence-corrected chi connectivity index (χ4v) is 8.31. The fourth-order valence-electron chi connectivity index (χ4n) is 8.31. The molecule has 0 unspecified atom stereocenters. The minimum atomic E-state index is 0.908. The zero-order valence-electron chi connectivity index (χ0n) is 28.8. The number of benzene rings is 8. The summed E-state index contributed by atoms with van der Waals surface area (Å²) in [4.78, 5) is 0. The van der Waals surface area contributed by atoms with Crippen LogP contribution >= 0.6 is 0 Å². The number of furan rings is 1. The molecular weight excluding hydrogens is 645 g/mol. The molecule has 11 aromatic rings. The molecule has 3 aromatic heterocycles. The lowest BCUT2D eigenvalue weighted by Gasteiger charge is -2.10. The highest BCUT2D eigenvalue weighted by molar-refractivity contribution is 6.21. The number of nitrogens with zero attached hydrogens (tertiary/aromatic N) is 2. The minimum Gasteiger partial charge on any atom is -0.455 e. The van der Waals surface area contributed by atoms with Crippen LogP contribution in [0, 0.1) is 0 Å². The van der Waals surface area contributed by atoms with Gasteiger partial charge in [-0.2, -0.15) is 0 Å². The van der Waals surface area contributed by atoms with E-state index in [9.17, 15) is 0 Å². The number of rotatable bonds is 5. The zero-order valence-corrected chi connectivity index (χ0v) is 28.8. The van der Waals surface area contributed by atoms with Crippen LogP contribution in [0.5, 0.6) is 0 Å². The fraction of sp³-hybridized carbons (Fsp3) is 0. The van der Waals surface area contributed by atoms with E-state index < -0.39 is 0 Å². The molecule has 248 valence electrons. The van der Waals surface area contributed by atoms with Crippen molar-refractivity contribution in [2.45, 2.75) is 0 Å². The molecule has 8 aromatic carbocycles. The normalized spacial score (nSPS) is 11.8. The Morgan fingerprint density at radius 3 is 1.55 bits per heavy atom. The summed E-state index contributed by atoms with van der Waals surface area (Å²) in [6.07, 6.45) is 2.18. The maximum Gasteiger partial charge on any atom is 0.143 e. The van der Waals surface area contributed by atoms with E-state index in [2.05, 4.69) is 203 Å². The van der Waals surface area contributed by atoms with E-state index in [-0.39, 0.29) is 0 Å². The Bertz CT molecular complexity index is 3130. The van der Waals surface area contributed by atoms with E-state index >= 15 is 0 Å². The van der Waals surface area contributed by atoms with Gasteiger partial charge in [0.05, 0.1) is 16.6 Å². The maximum atomic E-state index is 6.82. The molecule has 0 aliphatic rings. The SMILES string of the molecule is c1ccc(-c2ccc(-c3cccc4c3oc3c(-c5ccc(-n6c7ccccc7c7c8ccn(-c9ccccc9)c8ccc76)cc5)cccc34)cc2)cc1. The van der Waals surface area contributed by atoms with Gasteiger partial charge in [0, 0.05) is 55.6 Å². The molecule has 3 nitrogen and oxygen atoms in total. The average molecular weight is 677 g/mol. The van der Waals surface area contributed by atoms with E-state index in [0.29, 0.717) is 0 Å². The molecule has 53 heavy (non-hydrogen) atoms. The van der Waals surface area contributed by atoms with Crippen LogP contribution in [0.3, 0.4) is 0 Å². The smallest absolute Gasteiger partial charge is 0.143 e. The zero-order chi connectivity index (χ0) is 34.9. The molecule has 3 heterocycles. The second-order valence-electron chi connectivity index (χ2n) is 13.7. The summed E-state index contributed by atoms with van der Waals surface area (Å²) in [6.45, 7) is 0. The van der Waals surface area contributed by atoms with Crippen LogP contribution in [-0.2, 0) is 0 Å². The lowest BCUT2D eigenvalue weighted by Crippen LogP contribution is -1.94. The van der Waals surface area contributed by atoms with Crippen LogP contribution in [0.1, 0.15) is 0 Å². The Labute approximate surface area is 306 Å². The largest absolute Gasteiger partial charge is 0.455 e. The van der Waals surface area contributed by atoms with Crippen molar-refractivity contribution in [2.24, 2.45) is 0 Å². The van der Waals surface area contributed by atoms with E-state index in [1.54, 1.807) is 0 Å². The summed E-state index contributed by atoms with van der Waals surface area (Å²) < 4.78 is 11.5. The van der Waals surface area contributed by atoms with Crippen molar-refractivity contribution in [3.63, 3.8) is 0 Å². The topological polar surface area (TPSA) is 23.0 Å². The van der Waals surface area contributed by atoms with Gasteiger partial charge in [-0.1, -0.05) is 140 Å². The Kier molecular flexibility index (Phi) is 6.55. The van der Waals surface area contributed by atoms with Gasteiger partial charge >= 0.3 is 0 Å². The van der Waals surface area contributed by atoms with Gasteiger partial charge in [0.15, 0.2) is 0 Å². The molecule has 0 atom stereocenters. The average Bonchev–Trinajstić information content (AvgIpc) is 3.94. The standard InChI is InChI=1S/C50H32N2O/c1-3-11-33(12-4-1)34-21-23-35(24-22-34)39-16-9-18-41-42-19-10-17-40(50(42)53-49(39)41)36-25-27-38(28-26-36)52-46-20-8-7-15-43(46)48-44-31-32-51(37-13-5-2-6-14-37)45(44)29-30-47(48)52/h1-32H. The molecule has 0 bridgehead atoms. The third kappa shape index (κ3) is 4.61. The monoisotopic (exact) mass is 676 g/mol. The predicted molar refractivity (Wildman–Crippen MR) is 221 cm³/mol. The highest BCUT2D eigenvalue weighted by Gasteiger charge is 2.18. The number of hydrogen-bond donors (Lipinski definition) is 0. The Balaban J connectivity index is 1.01. The van der Waals surface area contributed by atoms with Crippen molar-refractivity contribution in [3.05, 3.63) is 194 Å². The number of aromatic nitrogens is 2. The van der Waals surface area contributed by atoms with Gasteiger partial charge in [0.1, 0.15) is 11.2 Å². The van der Waals surface area contributed by atoms with Crippen molar-refractivity contribution in [1.82, 2.24) is 9.13 Å². The summed E-state index contributed by atoms with van der Waals surface area (Å²) in [5, 5.41) is 6.02. The Hall–Kier alpha value is -7.10. The molecule has 0 aliphatic carbocycles. The third-order valence-corrected chi connectivity index (χ3v) is 10.8. The van der Waals surface area contributed by atoms with E-state index in [1.165, 1.54) is 43.8 Å². The first-order chi connectivity index (χ1) is 26.3. The summed E-state index contributed by atoms with van der Waals surface area (Å²) in [6, 6.07) is 67.2. The summed E-state index contributed by atoms with van der Waals surface area (Å²) >= 11 is 0. The summed E-state index contributed by atoms with van der Waals surface area (Å²) in [7, 11) is 0. The van der Waals surface area contributed by atoms with E-state index in [4.69, 9.17) is 4.42 Å². The van der Waals surface area contributed by atoms with Gasteiger partial charge in [-0.05, 0) is 70.8 Å². The van der Waals surface area contributed by atoms with Crippen LogP contribution in [0.15, 0.2) is 199 Å². The second-order valence-corrected chi connectivity index (χ2v) is 13.7. The van der Waals surface area contributed by atoms with Crippen molar-refractivity contribution < 1.29 is 4.42 Å². The molecule has 11 rings (SSSR count). The van der Waals surface area contributed by atoms with Gasteiger partial charge in [0.25, 0.3) is 0 Å². The van der Waals surface area contributed by atoms with Crippen molar-refractivity contribution >= 4 is 54.6 Å². The predicted octanol–water partition coefficient (Wildman–Crippen LogP) is 13.6. The molecule has 0 saturated carbocycles. The quantitative estimate of drug-likeness (QED) is 0.178. The first kappa shape index (κ1) is 29.6. The first-order valence-corrected chi connectivity index (χ1v) is 18.1. The highest BCUT2D eigenvalue weighted by atomic mass is 16.3. The summed E-state index contributed by atoms with van der Waals surface area (Å²) in [5.41, 5.74) is 14.6. The molecule has 0 aliphatic heterocycles. The highest BCUT2D eigenvalue weighted by Crippen LogP contribution is 2.42. The van der Waals surface area contributed by atoms with Gasteiger partial charge in [-0.25, -0.2) is 0 Å². The Morgan fingerprint density at radius 1 is 0.321 bits per heavy atom. The molecule has 0 radical (unpaired) electrons. The minimum absolute atomic E-state index is 0.908. The van der Waals surface area contributed by atoms with Crippen LogP contribution in [-0.4, -0.2) is 9.13 Å². The molecule has 0 fully saturated rings. The third-order valence-electron chi connectivity index (χ3n) is 10.8. The van der Waals surface area contributed by atoms with Crippen LogP contribution in [0.25, 0.3) is 99.4 Å². The van der Waals surface area contributed by atoms with Crippen molar-refractivity contribution in [1.29, 1.82) is 0 Å². The number of hydrogen-bond acceptors (Lipinski definition) is 1. The number of para-hydroxylation sites is 4. The summed E-state index contributed by atoms with van der Waals surface area (Å²) in [5.74, 6) is 0. The van der Waals surface area contributed by atoms with Crippen LogP contribution in [0.2, 0.25) is 0 Å². The van der Waals surface area contributed by atoms with Gasteiger partial charge in [0.2, 0.25) is 0 Å². The molecule has 0 amide bonds. The molecule has 0 N–H and O–H groups in total.